The summed E-state index contributed by atoms with van der Waals surface area (Å²) < 4.78 is 33.6. The Morgan fingerprint density at radius 1 is 1.11 bits per heavy atom. The van der Waals surface area contributed by atoms with E-state index in [4.69, 9.17) is 4.74 Å². The number of sulfonamides is 1. The molecule has 1 amide bonds. The van der Waals surface area contributed by atoms with Crippen molar-refractivity contribution >= 4 is 15.9 Å². The number of nitrogens with zero attached hydrogens (tertiary/aromatic N) is 1. The fraction of sp³-hybridized carbons (Fsp3) is 0.667. The fourth-order valence-corrected chi connectivity index (χ4v) is 5.28. The minimum atomic E-state index is -3.82. The number of carbonyl (C=O) groups excluding carboxylic acids is 1. The van der Waals surface area contributed by atoms with Gasteiger partial charge in [0, 0.05) is 24.2 Å². The molecule has 7 heteroatoms. The zero-order chi connectivity index (χ0) is 20.9. The van der Waals surface area contributed by atoms with Crippen molar-refractivity contribution in [3.63, 3.8) is 0 Å². The van der Waals surface area contributed by atoms with Crippen LogP contribution in [0.3, 0.4) is 0 Å². The number of ether oxygens (including phenoxy) is 1. The van der Waals surface area contributed by atoms with E-state index in [-0.39, 0.29) is 22.6 Å². The molecule has 158 valence electrons. The highest BCUT2D eigenvalue weighted by molar-refractivity contribution is 7.89. The lowest BCUT2D eigenvalue weighted by molar-refractivity contribution is 0.0706. The fourth-order valence-electron chi connectivity index (χ4n) is 3.67. The summed E-state index contributed by atoms with van der Waals surface area (Å²) in [5.41, 5.74) is -0.279. The smallest absolute Gasteiger partial charge is 0.253 e. The van der Waals surface area contributed by atoms with Gasteiger partial charge in [0.1, 0.15) is 10.6 Å². The highest BCUT2D eigenvalue weighted by Crippen LogP contribution is 2.28. The van der Waals surface area contributed by atoms with Gasteiger partial charge in [0.15, 0.2) is 0 Å². The van der Waals surface area contributed by atoms with Crippen LogP contribution >= 0.6 is 0 Å². The standard InChI is InChI=1S/C21H34N2O4S/c1-21(2,3)22-28(25,26)19-15-16(13-14-18(19)27-5)20(24)23(4)17-11-9-7-6-8-10-12-17/h13-15,17,22H,6-12H2,1-5H3. The maximum atomic E-state index is 13.1. The van der Waals surface area contributed by atoms with E-state index in [1.807, 2.05) is 7.05 Å². The molecular weight excluding hydrogens is 376 g/mol. The van der Waals surface area contributed by atoms with Gasteiger partial charge in [0.25, 0.3) is 5.91 Å². The molecule has 0 aromatic heterocycles. The zero-order valence-electron chi connectivity index (χ0n) is 17.7. The van der Waals surface area contributed by atoms with Crippen molar-refractivity contribution in [1.29, 1.82) is 0 Å². The van der Waals surface area contributed by atoms with Crippen molar-refractivity contribution in [2.24, 2.45) is 0 Å². The van der Waals surface area contributed by atoms with Crippen molar-refractivity contribution in [2.45, 2.75) is 82.2 Å². The van der Waals surface area contributed by atoms with Gasteiger partial charge in [0.05, 0.1) is 7.11 Å². The molecule has 1 aliphatic carbocycles. The maximum Gasteiger partial charge on any atom is 0.253 e. The number of benzene rings is 1. The summed E-state index contributed by atoms with van der Waals surface area (Å²) in [5.74, 6) is 0.0716. The van der Waals surface area contributed by atoms with Crippen LogP contribution in [0.2, 0.25) is 0 Å². The summed E-state index contributed by atoms with van der Waals surface area (Å²) in [5, 5.41) is 0. The van der Waals surface area contributed by atoms with Crippen molar-refractivity contribution in [2.75, 3.05) is 14.2 Å². The van der Waals surface area contributed by atoms with E-state index in [9.17, 15) is 13.2 Å². The van der Waals surface area contributed by atoms with Crippen LogP contribution < -0.4 is 9.46 Å². The Kier molecular flexibility index (Phi) is 7.51. The number of hydrogen-bond donors (Lipinski definition) is 1. The number of rotatable bonds is 5. The Hall–Kier alpha value is -1.60. The molecular formula is C21H34N2O4S. The molecule has 1 aromatic rings. The molecule has 1 aromatic carbocycles. The quantitative estimate of drug-likeness (QED) is 0.797. The Morgan fingerprint density at radius 2 is 1.68 bits per heavy atom. The molecule has 1 N–H and O–H groups in total. The molecule has 0 saturated heterocycles. The lowest BCUT2D eigenvalue weighted by atomic mass is 9.95. The van der Waals surface area contributed by atoms with E-state index < -0.39 is 15.6 Å². The minimum Gasteiger partial charge on any atom is -0.495 e. The molecule has 2 rings (SSSR count). The van der Waals surface area contributed by atoms with E-state index in [0.29, 0.717) is 5.56 Å². The molecule has 28 heavy (non-hydrogen) atoms. The Labute approximate surface area is 169 Å². The Morgan fingerprint density at radius 3 is 2.21 bits per heavy atom. The molecule has 0 atom stereocenters. The van der Waals surface area contributed by atoms with Crippen molar-refractivity contribution in [1.82, 2.24) is 9.62 Å². The van der Waals surface area contributed by atoms with Gasteiger partial charge in [-0.25, -0.2) is 13.1 Å². The summed E-state index contributed by atoms with van der Waals surface area (Å²) in [6.07, 6.45) is 7.93. The highest BCUT2D eigenvalue weighted by Gasteiger charge is 2.28. The topological polar surface area (TPSA) is 75.7 Å². The zero-order valence-corrected chi connectivity index (χ0v) is 18.6. The van der Waals surface area contributed by atoms with E-state index >= 15 is 0 Å². The van der Waals surface area contributed by atoms with Gasteiger partial charge in [0.2, 0.25) is 10.0 Å². The van der Waals surface area contributed by atoms with E-state index in [1.165, 1.54) is 32.4 Å². The first-order chi connectivity index (χ1) is 13.0. The van der Waals surface area contributed by atoms with Crippen LogP contribution in [0.1, 0.15) is 76.1 Å². The van der Waals surface area contributed by atoms with Crippen molar-refractivity contribution in [3.05, 3.63) is 23.8 Å². The average molecular weight is 411 g/mol. The molecule has 0 spiro atoms. The molecule has 0 radical (unpaired) electrons. The number of amides is 1. The summed E-state index contributed by atoms with van der Waals surface area (Å²) in [7, 11) is -0.580. The monoisotopic (exact) mass is 410 g/mol. The molecule has 0 aliphatic heterocycles. The van der Waals surface area contributed by atoms with Gasteiger partial charge >= 0.3 is 0 Å². The number of nitrogens with one attached hydrogen (secondary N) is 1. The van der Waals surface area contributed by atoms with E-state index in [0.717, 1.165) is 25.7 Å². The van der Waals surface area contributed by atoms with Gasteiger partial charge in [-0.3, -0.25) is 4.79 Å². The predicted octanol–water partition coefficient (Wildman–Crippen LogP) is 3.96. The van der Waals surface area contributed by atoms with Crippen LogP contribution in [-0.4, -0.2) is 45.0 Å². The summed E-state index contributed by atoms with van der Waals surface area (Å²) in [4.78, 5) is 14.8. The van der Waals surface area contributed by atoms with Crippen molar-refractivity contribution < 1.29 is 17.9 Å². The second-order valence-corrected chi connectivity index (χ2v) is 10.3. The van der Waals surface area contributed by atoms with Crippen molar-refractivity contribution in [3.8, 4) is 5.75 Å². The molecule has 0 unspecified atom stereocenters. The first-order valence-corrected chi connectivity index (χ1v) is 11.5. The first kappa shape index (κ1) is 22.7. The number of methoxy groups -OCH3 is 1. The predicted molar refractivity (Wildman–Crippen MR) is 111 cm³/mol. The largest absolute Gasteiger partial charge is 0.495 e. The average Bonchev–Trinajstić information content (AvgIpc) is 2.57. The van der Waals surface area contributed by atoms with Crippen LogP contribution in [0.15, 0.2) is 23.1 Å². The van der Waals surface area contributed by atoms with Crippen LogP contribution in [0.4, 0.5) is 0 Å². The normalized spacial score (nSPS) is 16.9. The first-order valence-electron chi connectivity index (χ1n) is 10.0. The van der Waals surface area contributed by atoms with Crippen LogP contribution in [0.5, 0.6) is 5.75 Å². The Bertz CT molecular complexity index is 776. The lowest BCUT2D eigenvalue weighted by Crippen LogP contribution is -2.41. The molecule has 1 fully saturated rings. The van der Waals surface area contributed by atoms with E-state index in [2.05, 4.69) is 4.72 Å². The minimum absolute atomic E-state index is 0.0122. The third kappa shape index (κ3) is 5.95. The Balaban J connectivity index is 2.31. The third-order valence-corrected chi connectivity index (χ3v) is 6.86. The summed E-state index contributed by atoms with van der Waals surface area (Å²) in [6, 6.07) is 4.81. The van der Waals surface area contributed by atoms with Crippen LogP contribution in [-0.2, 0) is 10.0 Å². The lowest BCUT2D eigenvalue weighted by Gasteiger charge is -2.30. The second kappa shape index (κ2) is 9.27. The number of hydrogen-bond acceptors (Lipinski definition) is 4. The SMILES string of the molecule is COc1ccc(C(=O)N(C)C2CCCCCCC2)cc1S(=O)(=O)NC(C)(C)C. The van der Waals surface area contributed by atoms with Crippen LogP contribution in [0.25, 0.3) is 0 Å². The molecule has 1 aliphatic rings. The highest BCUT2D eigenvalue weighted by atomic mass is 32.2. The number of carbonyl (C=O) groups is 1. The van der Waals surface area contributed by atoms with Gasteiger partial charge < -0.3 is 9.64 Å². The van der Waals surface area contributed by atoms with Gasteiger partial charge in [-0.15, -0.1) is 0 Å². The molecule has 1 saturated carbocycles. The molecule has 0 heterocycles. The van der Waals surface area contributed by atoms with Crippen LogP contribution in [0, 0.1) is 0 Å². The molecule has 0 bridgehead atoms. The summed E-state index contributed by atoms with van der Waals surface area (Å²) >= 11 is 0. The van der Waals surface area contributed by atoms with Gasteiger partial charge in [-0.1, -0.05) is 32.1 Å². The van der Waals surface area contributed by atoms with Gasteiger partial charge in [-0.2, -0.15) is 0 Å². The van der Waals surface area contributed by atoms with Gasteiger partial charge in [-0.05, 0) is 51.8 Å². The van der Waals surface area contributed by atoms with E-state index in [1.54, 1.807) is 37.8 Å². The second-order valence-electron chi connectivity index (χ2n) is 8.64. The maximum absolute atomic E-state index is 13.1. The third-order valence-electron chi connectivity index (χ3n) is 5.08. The summed E-state index contributed by atoms with van der Waals surface area (Å²) in [6.45, 7) is 5.32. The molecule has 6 nitrogen and oxygen atoms in total.